The van der Waals surface area contributed by atoms with Gasteiger partial charge in [0.1, 0.15) is 5.75 Å². The van der Waals surface area contributed by atoms with Crippen LogP contribution in [0.2, 0.25) is 0 Å². The smallest absolute Gasteiger partial charge is 0.220 e. The fraction of sp³-hybridized carbons (Fsp3) is 0.222. The molecule has 2 N–H and O–H groups in total. The Morgan fingerprint density at radius 3 is 2.68 bits per heavy atom. The highest BCUT2D eigenvalue weighted by Crippen LogP contribution is 2.20. The van der Waals surface area contributed by atoms with E-state index in [0.29, 0.717) is 19.0 Å². The standard InChI is InChI=1S/C18H19N3O/c1-12-7-8-17(13(2)11-12)22-10-9-16-14-5-3-4-6-15(14)20-18(19)21-16/h3-8,11H,9-10H2,1-2H3,(H2,19,20,21). The molecule has 3 rings (SSSR count). The molecule has 0 aliphatic carbocycles. The number of fused-ring (bicyclic) bond motifs is 1. The van der Waals surface area contributed by atoms with Gasteiger partial charge in [0.15, 0.2) is 0 Å². The second-order valence-electron chi connectivity index (χ2n) is 5.41. The fourth-order valence-electron chi connectivity index (χ4n) is 2.57. The lowest BCUT2D eigenvalue weighted by Gasteiger charge is -2.11. The molecule has 0 bridgehead atoms. The summed E-state index contributed by atoms with van der Waals surface area (Å²) in [7, 11) is 0. The third-order valence-electron chi connectivity index (χ3n) is 3.63. The van der Waals surface area contributed by atoms with Crippen LogP contribution in [0.15, 0.2) is 42.5 Å². The van der Waals surface area contributed by atoms with E-state index in [-0.39, 0.29) is 0 Å². The van der Waals surface area contributed by atoms with E-state index in [1.165, 1.54) is 5.56 Å². The predicted molar refractivity (Wildman–Crippen MR) is 89.1 cm³/mol. The number of nitrogens with zero attached hydrogens (tertiary/aromatic N) is 2. The van der Waals surface area contributed by atoms with E-state index in [1.54, 1.807) is 0 Å². The summed E-state index contributed by atoms with van der Waals surface area (Å²) in [5.74, 6) is 1.22. The van der Waals surface area contributed by atoms with Gasteiger partial charge in [-0.15, -0.1) is 0 Å². The van der Waals surface area contributed by atoms with Gasteiger partial charge in [0.05, 0.1) is 17.8 Å². The van der Waals surface area contributed by atoms with Crippen LogP contribution in [-0.4, -0.2) is 16.6 Å². The Kier molecular flexibility index (Phi) is 3.92. The van der Waals surface area contributed by atoms with E-state index >= 15 is 0 Å². The average Bonchev–Trinajstić information content (AvgIpc) is 2.49. The normalized spacial score (nSPS) is 10.8. The Labute approximate surface area is 130 Å². The number of hydrogen-bond acceptors (Lipinski definition) is 4. The van der Waals surface area contributed by atoms with Crippen molar-refractivity contribution in [1.29, 1.82) is 0 Å². The summed E-state index contributed by atoms with van der Waals surface area (Å²) in [4.78, 5) is 8.61. The van der Waals surface area contributed by atoms with Crippen molar-refractivity contribution >= 4 is 16.9 Å². The van der Waals surface area contributed by atoms with Gasteiger partial charge < -0.3 is 10.5 Å². The summed E-state index contributed by atoms with van der Waals surface area (Å²) < 4.78 is 5.88. The first-order valence-electron chi connectivity index (χ1n) is 7.34. The Balaban J connectivity index is 1.77. The first kappa shape index (κ1) is 14.3. The molecule has 0 unspecified atom stereocenters. The molecule has 112 valence electrons. The molecule has 0 aliphatic rings. The van der Waals surface area contributed by atoms with Crippen molar-refractivity contribution in [1.82, 2.24) is 9.97 Å². The van der Waals surface area contributed by atoms with E-state index in [2.05, 4.69) is 35.9 Å². The minimum atomic E-state index is 0.306. The largest absolute Gasteiger partial charge is 0.493 e. The zero-order valence-corrected chi connectivity index (χ0v) is 12.8. The van der Waals surface area contributed by atoms with Crippen molar-refractivity contribution in [3.05, 3.63) is 59.3 Å². The highest BCUT2D eigenvalue weighted by Gasteiger charge is 2.07. The Morgan fingerprint density at radius 2 is 1.86 bits per heavy atom. The molecule has 3 aromatic rings. The number of aryl methyl sites for hydroxylation is 2. The van der Waals surface area contributed by atoms with Gasteiger partial charge in [-0.3, -0.25) is 0 Å². The Morgan fingerprint density at radius 1 is 1.05 bits per heavy atom. The minimum absolute atomic E-state index is 0.306. The molecular formula is C18H19N3O. The summed E-state index contributed by atoms with van der Waals surface area (Å²) in [5.41, 5.74) is 9.96. The molecule has 4 nitrogen and oxygen atoms in total. The van der Waals surface area contributed by atoms with Crippen molar-refractivity contribution in [2.75, 3.05) is 12.3 Å². The van der Waals surface area contributed by atoms with Gasteiger partial charge in [-0.25, -0.2) is 9.97 Å². The van der Waals surface area contributed by atoms with Crippen molar-refractivity contribution in [2.24, 2.45) is 0 Å². The topological polar surface area (TPSA) is 61.0 Å². The van der Waals surface area contributed by atoms with E-state index in [4.69, 9.17) is 10.5 Å². The van der Waals surface area contributed by atoms with E-state index in [9.17, 15) is 0 Å². The molecule has 0 fully saturated rings. The summed E-state index contributed by atoms with van der Waals surface area (Å²) in [5, 5.41) is 1.03. The van der Waals surface area contributed by atoms with E-state index < -0.39 is 0 Å². The van der Waals surface area contributed by atoms with Gasteiger partial charge in [-0.1, -0.05) is 35.9 Å². The molecule has 4 heteroatoms. The molecule has 0 aliphatic heterocycles. The van der Waals surface area contributed by atoms with Crippen LogP contribution in [0.25, 0.3) is 10.9 Å². The van der Waals surface area contributed by atoms with Gasteiger partial charge in [0.2, 0.25) is 5.95 Å². The zero-order valence-electron chi connectivity index (χ0n) is 12.8. The van der Waals surface area contributed by atoms with Crippen LogP contribution in [0.4, 0.5) is 5.95 Å². The maximum atomic E-state index is 5.88. The zero-order chi connectivity index (χ0) is 15.5. The molecule has 0 atom stereocenters. The second-order valence-corrected chi connectivity index (χ2v) is 5.41. The number of ether oxygens (including phenoxy) is 1. The summed E-state index contributed by atoms with van der Waals surface area (Å²) >= 11 is 0. The number of nitrogens with two attached hydrogens (primary N) is 1. The Hall–Kier alpha value is -2.62. The van der Waals surface area contributed by atoms with Crippen LogP contribution >= 0.6 is 0 Å². The highest BCUT2D eigenvalue weighted by molar-refractivity contribution is 5.81. The number of para-hydroxylation sites is 1. The number of benzene rings is 2. The van der Waals surface area contributed by atoms with Gasteiger partial charge in [0.25, 0.3) is 0 Å². The molecule has 0 saturated carbocycles. The molecule has 0 radical (unpaired) electrons. The van der Waals surface area contributed by atoms with Gasteiger partial charge in [-0.2, -0.15) is 0 Å². The van der Waals surface area contributed by atoms with Crippen molar-refractivity contribution in [3.8, 4) is 5.75 Å². The first-order valence-corrected chi connectivity index (χ1v) is 7.34. The predicted octanol–water partition coefficient (Wildman–Crippen LogP) is 3.45. The highest BCUT2D eigenvalue weighted by atomic mass is 16.5. The van der Waals surface area contributed by atoms with Gasteiger partial charge in [-0.05, 0) is 31.5 Å². The van der Waals surface area contributed by atoms with Crippen molar-refractivity contribution < 1.29 is 4.74 Å². The van der Waals surface area contributed by atoms with Crippen molar-refractivity contribution in [3.63, 3.8) is 0 Å². The summed E-state index contributed by atoms with van der Waals surface area (Å²) in [6, 6.07) is 14.1. The summed E-state index contributed by atoms with van der Waals surface area (Å²) in [6.45, 7) is 4.69. The lowest BCUT2D eigenvalue weighted by atomic mass is 10.1. The lowest BCUT2D eigenvalue weighted by molar-refractivity contribution is 0.319. The van der Waals surface area contributed by atoms with E-state index in [0.717, 1.165) is 27.9 Å². The molecule has 1 heterocycles. The van der Waals surface area contributed by atoms with Gasteiger partial charge in [0, 0.05) is 11.8 Å². The van der Waals surface area contributed by atoms with Crippen LogP contribution in [0.5, 0.6) is 5.75 Å². The van der Waals surface area contributed by atoms with Crippen molar-refractivity contribution in [2.45, 2.75) is 20.3 Å². The number of aromatic nitrogens is 2. The quantitative estimate of drug-likeness (QED) is 0.800. The van der Waals surface area contributed by atoms with Crippen LogP contribution in [0.3, 0.4) is 0 Å². The maximum absolute atomic E-state index is 5.88. The maximum Gasteiger partial charge on any atom is 0.220 e. The van der Waals surface area contributed by atoms with Crippen LogP contribution < -0.4 is 10.5 Å². The monoisotopic (exact) mass is 293 g/mol. The third kappa shape index (κ3) is 3.01. The van der Waals surface area contributed by atoms with Crippen LogP contribution in [0.1, 0.15) is 16.8 Å². The minimum Gasteiger partial charge on any atom is -0.493 e. The molecular weight excluding hydrogens is 274 g/mol. The number of nitrogen functional groups attached to an aromatic ring is 1. The van der Waals surface area contributed by atoms with Gasteiger partial charge >= 0.3 is 0 Å². The number of rotatable bonds is 4. The second kappa shape index (κ2) is 6.02. The lowest BCUT2D eigenvalue weighted by Crippen LogP contribution is -2.07. The van der Waals surface area contributed by atoms with Crippen LogP contribution in [-0.2, 0) is 6.42 Å². The number of hydrogen-bond donors (Lipinski definition) is 1. The summed E-state index contributed by atoms with van der Waals surface area (Å²) in [6.07, 6.45) is 0.695. The molecule has 0 spiro atoms. The third-order valence-corrected chi connectivity index (χ3v) is 3.63. The molecule has 2 aromatic carbocycles. The fourth-order valence-corrected chi connectivity index (χ4v) is 2.57. The molecule has 0 saturated heterocycles. The molecule has 1 aromatic heterocycles. The number of anilines is 1. The molecule has 0 amide bonds. The van der Waals surface area contributed by atoms with Crippen LogP contribution in [0, 0.1) is 13.8 Å². The molecule has 22 heavy (non-hydrogen) atoms. The first-order chi connectivity index (χ1) is 10.6. The average molecular weight is 293 g/mol. The Bertz CT molecular complexity index is 815. The SMILES string of the molecule is Cc1ccc(OCCc2nc(N)nc3ccccc23)c(C)c1. The van der Waals surface area contributed by atoms with E-state index in [1.807, 2.05) is 30.3 Å².